The van der Waals surface area contributed by atoms with E-state index in [1.54, 1.807) is 24.3 Å². The van der Waals surface area contributed by atoms with Gasteiger partial charge in [-0.05, 0) is 55.7 Å². The fraction of sp³-hybridized carbons (Fsp3) is 0.316. The van der Waals surface area contributed by atoms with Gasteiger partial charge in [-0.15, -0.1) is 0 Å². The quantitative estimate of drug-likeness (QED) is 0.799. The molecule has 1 aliphatic rings. The second-order valence-corrected chi connectivity index (χ2v) is 8.49. The van der Waals surface area contributed by atoms with Crippen molar-refractivity contribution in [2.24, 2.45) is 0 Å². The molecule has 0 aromatic heterocycles. The largest absolute Gasteiger partial charge is 0.480 e. The molecule has 0 amide bonds. The first-order chi connectivity index (χ1) is 12.6. The van der Waals surface area contributed by atoms with Gasteiger partial charge >= 0.3 is 13.5 Å². The molecular formula is C19H22NO5P. The zero-order valence-corrected chi connectivity index (χ0v) is 15.3. The highest BCUT2D eigenvalue weighted by Crippen LogP contribution is 2.50. The molecule has 7 heteroatoms. The number of nitrogens with zero attached hydrogens (tertiary/aromatic N) is 1. The predicted molar refractivity (Wildman–Crippen MR) is 99.2 cm³/mol. The van der Waals surface area contributed by atoms with Crippen molar-refractivity contribution in [2.45, 2.75) is 19.3 Å². The van der Waals surface area contributed by atoms with E-state index >= 15 is 0 Å². The lowest BCUT2D eigenvalue weighted by molar-refractivity contribution is -0.137. The van der Waals surface area contributed by atoms with Gasteiger partial charge in [0.25, 0.3) is 0 Å². The molecule has 138 valence electrons. The number of para-hydroxylation sites is 1. The van der Waals surface area contributed by atoms with Crippen molar-refractivity contribution < 1.29 is 23.7 Å². The summed E-state index contributed by atoms with van der Waals surface area (Å²) in [7, 11) is -3.41. The molecule has 1 atom stereocenters. The Bertz CT molecular complexity index is 778. The van der Waals surface area contributed by atoms with E-state index in [4.69, 9.17) is 9.26 Å². The molecule has 1 unspecified atom stereocenters. The van der Waals surface area contributed by atoms with Gasteiger partial charge in [0.2, 0.25) is 0 Å². The van der Waals surface area contributed by atoms with E-state index in [1.807, 2.05) is 30.3 Å². The summed E-state index contributed by atoms with van der Waals surface area (Å²) in [5, 5.41) is 9.66. The smallest absolute Gasteiger partial charge is 0.318 e. The van der Waals surface area contributed by atoms with E-state index in [0.29, 0.717) is 30.0 Å². The van der Waals surface area contributed by atoms with E-state index in [0.717, 1.165) is 19.3 Å². The third kappa shape index (κ3) is 4.52. The van der Waals surface area contributed by atoms with Gasteiger partial charge in [-0.2, -0.15) is 0 Å². The topological polar surface area (TPSA) is 76.1 Å². The number of carboxylic acid groups (broad SMARTS) is 1. The normalized spacial score (nSPS) is 21.5. The Kier molecular flexibility index (Phi) is 6.09. The number of aliphatic carboxylic acids is 1. The number of rotatable bonds is 5. The molecule has 1 saturated heterocycles. The van der Waals surface area contributed by atoms with Gasteiger partial charge in [0.15, 0.2) is 0 Å². The molecule has 1 N–H and O–H groups in total. The monoisotopic (exact) mass is 375 g/mol. The van der Waals surface area contributed by atoms with Crippen LogP contribution in [0.3, 0.4) is 0 Å². The minimum Gasteiger partial charge on any atom is -0.480 e. The molecule has 0 spiro atoms. The second-order valence-electron chi connectivity index (χ2n) is 6.11. The van der Waals surface area contributed by atoms with Crippen molar-refractivity contribution >= 4 is 18.8 Å². The van der Waals surface area contributed by atoms with Crippen LogP contribution in [0.15, 0.2) is 54.6 Å². The van der Waals surface area contributed by atoms with E-state index in [1.165, 1.54) is 4.67 Å². The number of ether oxygens (including phenoxy) is 1. The molecular weight excluding hydrogens is 353 g/mol. The van der Waals surface area contributed by atoms with E-state index in [-0.39, 0.29) is 6.54 Å². The van der Waals surface area contributed by atoms with Gasteiger partial charge in [-0.25, -0.2) is 4.67 Å². The summed E-state index contributed by atoms with van der Waals surface area (Å²) in [4.78, 5) is 11.2. The maximum Gasteiger partial charge on any atom is 0.318 e. The van der Waals surface area contributed by atoms with Gasteiger partial charge in [0.1, 0.15) is 18.0 Å². The first-order valence-electron chi connectivity index (χ1n) is 8.63. The maximum atomic E-state index is 13.5. The minimum absolute atomic E-state index is 0.306. The first kappa shape index (κ1) is 18.6. The molecule has 26 heavy (non-hydrogen) atoms. The highest BCUT2D eigenvalue weighted by Gasteiger charge is 2.36. The Morgan fingerprint density at radius 2 is 1.73 bits per heavy atom. The fourth-order valence-corrected chi connectivity index (χ4v) is 5.12. The summed E-state index contributed by atoms with van der Waals surface area (Å²) >= 11 is 0. The van der Waals surface area contributed by atoms with Crippen molar-refractivity contribution in [3.63, 3.8) is 0 Å². The molecule has 0 radical (unpaired) electrons. The van der Waals surface area contributed by atoms with Crippen molar-refractivity contribution in [3.05, 3.63) is 54.6 Å². The van der Waals surface area contributed by atoms with Crippen LogP contribution in [-0.2, 0) is 13.9 Å². The third-order valence-corrected chi connectivity index (χ3v) is 6.73. The molecule has 6 nitrogen and oxygen atoms in total. The van der Waals surface area contributed by atoms with Gasteiger partial charge in [0, 0.05) is 6.54 Å². The Morgan fingerprint density at radius 1 is 1.04 bits per heavy atom. The second kappa shape index (κ2) is 8.49. The summed E-state index contributed by atoms with van der Waals surface area (Å²) in [5.74, 6) is 0.309. The number of carboxylic acids is 1. The van der Waals surface area contributed by atoms with E-state index in [2.05, 4.69) is 0 Å². The number of hydrogen-bond acceptors (Lipinski definition) is 4. The third-order valence-electron chi connectivity index (χ3n) is 4.16. The van der Waals surface area contributed by atoms with Crippen molar-refractivity contribution in [1.29, 1.82) is 0 Å². The van der Waals surface area contributed by atoms with Crippen molar-refractivity contribution in [2.75, 3.05) is 19.7 Å². The minimum atomic E-state index is -3.41. The van der Waals surface area contributed by atoms with E-state index in [9.17, 15) is 14.5 Å². The van der Waals surface area contributed by atoms with Crippen LogP contribution in [0.25, 0.3) is 0 Å². The first-order valence-corrected chi connectivity index (χ1v) is 10.2. The lowest BCUT2D eigenvalue weighted by Crippen LogP contribution is -2.34. The molecule has 2 aromatic carbocycles. The number of hydrogen-bond donors (Lipinski definition) is 1. The van der Waals surface area contributed by atoms with Gasteiger partial charge in [0.05, 0.1) is 11.9 Å². The van der Waals surface area contributed by atoms with Crippen LogP contribution in [0.4, 0.5) is 0 Å². The molecule has 1 aliphatic heterocycles. The average Bonchev–Trinajstić information content (AvgIpc) is 2.63. The summed E-state index contributed by atoms with van der Waals surface area (Å²) in [6.45, 7) is 0.487. The lowest BCUT2D eigenvalue weighted by Gasteiger charge is -2.32. The van der Waals surface area contributed by atoms with Crippen LogP contribution in [0.5, 0.6) is 11.5 Å². The fourth-order valence-electron chi connectivity index (χ4n) is 2.87. The van der Waals surface area contributed by atoms with Crippen molar-refractivity contribution in [1.82, 2.24) is 4.67 Å². The van der Waals surface area contributed by atoms with Crippen LogP contribution in [0.1, 0.15) is 19.3 Å². The zero-order valence-electron chi connectivity index (χ0n) is 14.4. The SMILES string of the molecule is O=C(O)CN1CCCCCOP1(=O)c1ccc(Oc2ccccc2)cc1. The number of benzene rings is 2. The summed E-state index contributed by atoms with van der Waals surface area (Å²) in [6.07, 6.45) is 2.55. The van der Waals surface area contributed by atoms with Crippen LogP contribution >= 0.6 is 7.52 Å². The Balaban J connectivity index is 1.83. The predicted octanol–water partition coefficient (Wildman–Crippen LogP) is 3.88. The Morgan fingerprint density at radius 3 is 2.42 bits per heavy atom. The van der Waals surface area contributed by atoms with Crippen molar-refractivity contribution in [3.8, 4) is 11.5 Å². The number of carbonyl (C=O) groups is 1. The maximum absolute atomic E-state index is 13.5. The average molecular weight is 375 g/mol. The Hall–Kier alpha value is -2.14. The van der Waals surface area contributed by atoms with Crippen LogP contribution < -0.4 is 10.0 Å². The Labute approximate surface area is 152 Å². The van der Waals surface area contributed by atoms with Crippen LogP contribution in [0.2, 0.25) is 0 Å². The van der Waals surface area contributed by atoms with Gasteiger partial charge in [-0.3, -0.25) is 9.36 Å². The molecule has 1 heterocycles. The summed E-state index contributed by atoms with van der Waals surface area (Å²) in [5.41, 5.74) is 0. The molecule has 1 fully saturated rings. The molecule has 0 saturated carbocycles. The van der Waals surface area contributed by atoms with Gasteiger partial charge in [-0.1, -0.05) is 18.2 Å². The highest BCUT2D eigenvalue weighted by atomic mass is 31.2. The molecule has 3 rings (SSSR count). The summed E-state index contributed by atoms with van der Waals surface area (Å²) < 4.78 is 26.5. The van der Waals surface area contributed by atoms with Crippen LogP contribution in [-0.4, -0.2) is 35.4 Å². The zero-order chi connectivity index (χ0) is 18.4. The molecule has 0 bridgehead atoms. The van der Waals surface area contributed by atoms with Gasteiger partial charge < -0.3 is 14.4 Å². The highest BCUT2D eigenvalue weighted by molar-refractivity contribution is 7.64. The summed E-state index contributed by atoms with van der Waals surface area (Å²) in [6, 6.07) is 16.2. The molecule has 0 aliphatic carbocycles. The van der Waals surface area contributed by atoms with Crippen LogP contribution in [0, 0.1) is 0 Å². The molecule has 2 aromatic rings. The van der Waals surface area contributed by atoms with E-state index < -0.39 is 13.5 Å². The standard InChI is InChI=1S/C19H22NO5P/c21-19(22)15-20-13-5-2-6-14-24-26(20,23)18-11-9-17(10-12-18)25-16-7-3-1-4-8-16/h1,3-4,7-12H,2,5-6,13-15H2,(H,21,22). The lowest BCUT2D eigenvalue weighted by atomic mass is 10.2.